The first-order valence-electron chi connectivity index (χ1n) is 7.12. The molecule has 112 valence electrons. The topological polar surface area (TPSA) is 66.5 Å². The molecule has 1 N–H and O–H groups in total. The Hall–Kier alpha value is -2.17. The standard InChI is InChI=1S/C16H20N2O3/c1-4-16(2,3)17-15(21)11-5-7-12(8-6-11)18-13(19)9-10-14(18)20/h5-8H,4,9-10H2,1-3H3,(H,17,21). The monoisotopic (exact) mass is 288 g/mol. The number of carbonyl (C=O) groups excluding carboxylic acids is 3. The number of rotatable bonds is 4. The summed E-state index contributed by atoms with van der Waals surface area (Å²) in [7, 11) is 0. The van der Waals surface area contributed by atoms with Gasteiger partial charge in [0.25, 0.3) is 5.91 Å². The maximum absolute atomic E-state index is 12.1. The largest absolute Gasteiger partial charge is 0.347 e. The van der Waals surface area contributed by atoms with Crippen LogP contribution < -0.4 is 10.2 Å². The summed E-state index contributed by atoms with van der Waals surface area (Å²) >= 11 is 0. The Morgan fingerprint density at radius 3 is 2.14 bits per heavy atom. The molecule has 0 saturated carbocycles. The summed E-state index contributed by atoms with van der Waals surface area (Å²) in [6.07, 6.45) is 1.34. The van der Waals surface area contributed by atoms with E-state index in [0.29, 0.717) is 11.3 Å². The van der Waals surface area contributed by atoms with Crippen LogP contribution in [0.5, 0.6) is 0 Å². The normalized spacial score (nSPS) is 15.5. The molecule has 21 heavy (non-hydrogen) atoms. The van der Waals surface area contributed by atoms with Crippen molar-refractivity contribution in [1.82, 2.24) is 5.32 Å². The summed E-state index contributed by atoms with van der Waals surface area (Å²) in [6.45, 7) is 5.93. The molecule has 1 heterocycles. The van der Waals surface area contributed by atoms with Crippen LogP contribution in [0.1, 0.15) is 50.4 Å². The van der Waals surface area contributed by atoms with E-state index in [1.807, 2.05) is 20.8 Å². The first kappa shape index (κ1) is 15.2. The van der Waals surface area contributed by atoms with E-state index >= 15 is 0 Å². The fourth-order valence-electron chi connectivity index (χ4n) is 2.09. The SMILES string of the molecule is CCC(C)(C)NC(=O)c1ccc(N2C(=O)CCC2=O)cc1. The molecule has 1 saturated heterocycles. The van der Waals surface area contributed by atoms with Crippen molar-refractivity contribution >= 4 is 23.4 Å². The fourth-order valence-corrected chi connectivity index (χ4v) is 2.09. The number of anilines is 1. The number of nitrogens with one attached hydrogen (secondary N) is 1. The zero-order valence-electron chi connectivity index (χ0n) is 12.6. The van der Waals surface area contributed by atoms with E-state index in [9.17, 15) is 14.4 Å². The van der Waals surface area contributed by atoms with Crippen LogP contribution in [0.2, 0.25) is 0 Å². The minimum absolute atomic E-state index is 0.160. The molecule has 0 spiro atoms. The van der Waals surface area contributed by atoms with Gasteiger partial charge in [0, 0.05) is 23.9 Å². The van der Waals surface area contributed by atoms with Gasteiger partial charge in [0.05, 0.1) is 5.69 Å². The fraction of sp³-hybridized carbons (Fsp3) is 0.438. The van der Waals surface area contributed by atoms with Crippen molar-refractivity contribution in [3.8, 4) is 0 Å². The zero-order chi connectivity index (χ0) is 15.6. The number of benzene rings is 1. The second-order valence-corrected chi connectivity index (χ2v) is 5.86. The summed E-state index contributed by atoms with van der Waals surface area (Å²) in [5.74, 6) is -0.541. The second-order valence-electron chi connectivity index (χ2n) is 5.86. The van der Waals surface area contributed by atoms with E-state index in [2.05, 4.69) is 5.32 Å². The molecule has 5 heteroatoms. The Labute approximate surface area is 124 Å². The van der Waals surface area contributed by atoms with Gasteiger partial charge in [-0.1, -0.05) is 6.92 Å². The highest BCUT2D eigenvalue weighted by Crippen LogP contribution is 2.23. The van der Waals surface area contributed by atoms with Gasteiger partial charge in [0.1, 0.15) is 0 Å². The van der Waals surface area contributed by atoms with Crippen LogP contribution in [0.4, 0.5) is 5.69 Å². The Morgan fingerprint density at radius 2 is 1.67 bits per heavy atom. The highest BCUT2D eigenvalue weighted by molar-refractivity contribution is 6.19. The van der Waals surface area contributed by atoms with Crippen molar-refractivity contribution in [2.24, 2.45) is 0 Å². The van der Waals surface area contributed by atoms with Crippen LogP contribution >= 0.6 is 0 Å². The van der Waals surface area contributed by atoms with Crippen molar-refractivity contribution in [3.63, 3.8) is 0 Å². The molecule has 1 aromatic rings. The summed E-state index contributed by atoms with van der Waals surface area (Å²) in [5.41, 5.74) is 0.768. The maximum atomic E-state index is 12.1. The van der Waals surface area contributed by atoms with E-state index in [1.165, 1.54) is 4.90 Å². The van der Waals surface area contributed by atoms with Crippen LogP contribution in [-0.4, -0.2) is 23.3 Å². The van der Waals surface area contributed by atoms with Crippen LogP contribution in [0, 0.1) is 0 Å². The number of hydrogen-bond donors (Lipinski definition) is 1. The summed E-state index contributed by atoms with van der Waals surface area (Å²) in [6, 6.07) is 6.54. The predicted octanol–water partition coefficient (Wildman–Crippen LogP) is 2.26. The van der Waals surface area contributed by atoms with Gasteiger partial charge in [0.2, 0.25) is 11.8 Å². The molecule has 1 fully saturated rings. The van der Waals surface area contributed by atoms with Gasteiger partial charge in [0.15, 0.2) is 0 Å². The van der Waals surface area contributed by atoms with Crippen molar-refractivity contribution in [2.45, 2.75) is 45.6 Å². The molecule has 0 aromatic heterocycles. The van der Waals surface area contributed by atoms with Gasteiger partial charge in [-0.2, -0.15) is 0 Å². The maximum Gasteiger partial charge on any atom is 0.251 e. The zero-order valence-corrected chi connectivity index (χ0v) is 12.6. The van der Waals surface area contributed by atoms with Crippen LogP contribution in [-0.2, 0) is 9.59 Å². The summed E-state index contributed by atoms with van der Waals surface area (Å²) in [5, 5.41) is 2.94. The lowest BCUT2D eigenvalue weighted by Gasteiger charge is -2.24. The van der Waals surface area contributed by atoms with Crippen molar-refractivity contribution in [1.29, 1.82) is 0 Å². The molecular formula is C16H20N2O3. The van der Waals surface area contributed by atoms with Crippen molar-refractivity contribution in [2.75, 3.05) is 4.90 Å². The third-order valence-corrected chi connectivity index (χ3v) is 3.78. The Bertz CT molecular complexity index is 560. The van der Waals surface area contributed by atoms with Gasteiger partial charge in [-0.25, -0.2) is 0 Å². The van der Waals surface area contributed by atoms with Gasteiger partial charge < -0.3 is 5.32 Å². The Balaban J connectivity index is 2.14. The number of carbonyl (C=O) groups is 3. The van der Waals surface area contributed by atoms with Gasteiger partial charge >= 0.3 is 0 Å². The summed E-state index contributed by atoms with van der Waals surface area (Å²) < 4.78 is 0. The molecule has 2 rings (SSSR count). The molecule has 0 atom stereocenters. The summed E-state index contributed by atoms with van der Waals surface area (Å²) in [4.78, 5) is 36.6. The number of hydrogen-bond acceptors (Lipinski definition) is 3. The predicted molar refractivity (Wildman–Crippen MR) is 80.0 cm³/mol. The lowest BCUT2D eigenvalue weighted by Crippen LogP contribution is -2.42. The van der Waals surface area contributed by atoms with E-state index in [0.717, 1.165) is 6.42 Å². The highest BCUT2D eigenvalue weighted by atomic mass is 16.2. The van der Waals surface area contributed by atoms with Gasteiger partial charge in [-0.15, -0.1) is 0 Å². The first-order chi connectivity index (χ1) is 9.84. The third kappa shape index (κ3) is 3.29. The van der Waals surface area contributed by atoms with Crippen LogP contribution in [0.15, 0.2) is 24.3 Å². The molecule has 0 radical (unpaired) electrons. The number of nitrogens with zero attached hydrogens (tertiary/aromatic N) is 1. The third-order valence-electron chi connectivity index (χ3n) is 3.78. The van der Waals surface area contributed by atoms with Gasteiger partial charge in [-0.05, 0) is 44.5 Å². The molecular weight excluding hydrogens is 268 g/mol. The van der Waals surface area contributed by atoms with Crippen molar-refractivity contribution < 1.29 is 14.4 Å². The van der Waals surface area contributed by atoms with E-state index in [4.69, 9.17) is 0 Å². The molecule has 1 aliphatic rings. The van der Waals surface area contributed by atoms with Gasteiger partial charge in [-0.3, -0.25) is 19.3 Å². The van der Waals surface area contributed by atoms with Crippen LogP contribution in [0.3, 0.4) is 0 Å². The molecule has 0 unspecified atom stereocenters. The van der Waals surface area contributed by atoms with E-state index in [1.54, 1.807) is 24.3 Å². The first-order valence-corrected chi connectivity index (χ1v) is 7.12. The lowest BCUT2D eigenvalue weighted by atomic mass is 10.0. The average molecular weight is 288 g/mol. The molecule has 1 aromatic carbocycles. The second kappa shape index (κ2) is 5.68. The number of amides is 3. The van der Waals surface area contributed by atoms with Crippen molar-refractivity contribution in [3.05, 3.63) is 29.8 Å². The Morgan fingerprint density at radius 1 is 1.14 bits per heavy atom. The minimum atomic E-state index is -0.267. The molecule has 1 aliphatic heterocycles. The molecule has 0 aliphatic carbocycles. The molecule has 0 bridgehead atoms. The lowest BCUT2D eigenvalue weighted by molar-refractivity contribution is -0.121. The minimum Gasteiger partial charge on any atom is -0.347 e. The van der Waals surface area contributed by atoms with Crippen LogP contribution in [0.25, 0.3) is 0 Å². The Kier molecular flexibility index (Phi) is 4.11. The quantitative estimate of drug-likeness (QED) is 0.864. The highest BCUT2D eigenvalue weighted by Gasteiger charge is 2.30. The average Bonchev–Trinajstić information content (AvgIpc) is 2.78. The number of imide groups is 1. The smallest absolute Gasteiger partial charge is 0.251 e. The van der Waals surface area contributed by atoms with E-state index < -0.39 is 0 Å². The van der Waals surface area contributed by atoms with E-state index in [-0.39, 0.29) is 36.1 Å². The molecule has 5 nitrogen and oxygen atoms in total. The molecule has 3 amide bonds.